The quantitative estimate of drug-likeness (QED) is 0.703. The van der Waals surface area contributed by atoms with Crippen LogP contribution >= 0.6 is 0 Å². The molecule has 10 nitrogen and oxygen atoms in total. The zero-order valence-corrected chi connectivity index (χ0v) is 18.3. The molecule has 172 valence electrons. The molecule has 0 radical (unpaired) electrons. The van der Waals surface area contributed by atoms with Gasteiger partial charge < -0.3 is 24.4 Å². The highest BCUT2D eigenvalue weighted by Gasteiger charge is 2.53. The Labute approximate surface area is 185 Å². The molecule has 1 saturated heterocycles. The average molecular weight is 446 g/mol. The molecule has 1 N–H and O–H groups in total. The lowest BCUT2D eigenvalue weighted by molar-refractivity contribution is -0.201. The lowest BCUT2D eigenvalue weighted by Gasteiger charge is -2.42. The average Bonchev–Trinajstić information content (AvgIpc) is 3.28. The molecular formula is C22H26N2O8. The van der Waals surface area contributed by atoms with E-state index in [1.54, 1.807) is 32.9 Å². The van der Waals surface area contributed by atoms with Gasteiger partial charge in [-0.2, -0.15) is 0 Å². The van der Waals surface area contributed by atoms with Crippen LogP contribution in [-0.2, 0) is 23.8 Å². The lowest BCUT2D eigenvalue weighted by atomic mass is 9.78. The summed E-state index contributed by atoms with van der Waals surface area (Å²) in [5.41, 5.74) is -2.01. The van der Waals surface area contributed by atoms with Crippen LogP contribution in [0.4, 0.5) is 4.79 Å². The van der Waals surface area contributed by atoms with Crippen LogP contribution in [0.15, 0.2) is 24.3 Å². The molecule has 0 bridgehead atoms. The largest absolute Gasteiger partial charge is 0.444 e. The summed E-state index contributed by atoms with van der Waals surface area (Å²) >= 11 is 0. The number of alkyl carbamates (subject to hydrolysis) is 1. The van der Waals surface area contributed by atoms with Crippen LogP contribution in [-0.4, -0.2) is 59.1 Å². The molecule has 3 aliphatic rings. The fourth-order valence-electron chi connectivity index (χ4n) is 4.14. The minimum Gasteiger partial charge on any atom is -0.444 e. The molecule has 10 heteroatoms. The number of amides is 3. The Kier molecular flexibility index (Phi) is 5.46. The van der Waals surface area contributed by atoms with Crippen LogP contribution in [0.5, 0.6) is 0 Å². The number of carbonyl (C=O) groups is 4. The van der Waals surface area contributed by atoms with Gasteiger partial charge in [0.05, 0.1) is 24.3 Å². The van der Waals surface area contributed by atoms with E-state index < -0.39 is 40.8 Å². The molecule has 0 atom stereocenters. The maximum Gasteiger partial charge on any atom is 0.408 e. The van der Waals surface area contributed by atoms with Crippen molar-refractivity contribution >= 4 is 23.9 Å². The van der Waals surface area contributed by atoms with Crippen LogP contribution in [0.1, 0.15) is 67.2 Å². The van der Waals surface area contributed by atoms with Gasteiger partial charge in [-0.15, -0.1) is 0 Å². The van der Waals surface area contributed by atoms with Crippen molar-refractivity contribution in [1.29, 1.82) is 0 Å². The van der Waals surface area contributed by atoms with Crippen molar-refractivity contribution in [2.75, 3.05) is 13.2 Å². The van der Waals surface area contributed by atoms with Crippen LogP contribution in [0.3, 0.4) is 0 Å². The minimum absolute atomic E-state index is 0.119. The van der Waals surface area contributed by atoms with Crippen molar-refractivity contribution in [1.82, 2.24) is 10.4 Å². The monoisotopic (exact) mass is 446 g/mol. The molecule has 0 unspecified atom stereocenters. The lowest BCUT2D eigenvalue weighted by Crippen LogP contribution is -2.61. The van der Waals surface area contributed by atoms with E-state index in [9.17, 15) is 19.2 Å². The third kappa shape index (κ3) is 4.07. The van der Waals surface area contributed by atoms with Crippen molar-refractivity contribution in [3.05, 3.63) is 35.4 Å². The van der Waals surface area contributed by atoms with Crippen molar-refractivity contribution in [2.24, 2.45) is 0 Å². The Morgan fingerprint density at radius 3 is 2.00 bits per heavy atom. The van der Waals surface area contributed by atoms with E-state index in [0.29, 0.717) is 31.1 Å². The van der Waals surface area contributed by atoms with Gasteiger partial charge in [0.15, 0.2) is 5.79 Å². The third-order valence-electron chi connectivity index (χ3n) is 5.74. The predicted molar refractivity (Wildman–Crippen MR) is 108 cm³/mol. The molecule has 0 aromatic heterocycles. The number of hydrogen-bond acceptors (Lipinski definition) is 8. The summed E-state index contributed by atoms with van der Waals surface area (Å²) in [5, 5.41) is 3.07. The molecule has 2 aliphatic heterocycles. The summed E-state index contributed by atoms with van der Waals surface area (Å²) in [6.45, 7) is 6.00. The van der Waals surface area contributed by atoms with E-state index in [-0.39, 0.29) is 24.0 Å². The highest BCUT2D eigenvalue weighted by molar-refractivity contribution is 6.21. The molecular weight excluding hydrogens is 420 g/mol. The number of nitrogens with zero attached hydrogens (tertiary/aromatic N) is 1. The Balaban J connectivity index is 1.55. The topological polar surface area (TPSA) is 120 Å². The van der Waals surface area contributed by atoms with Crippen LogP contribution in [0, 0.1) is 0 Å². The summed E-state index contributed by atoms with van der Waals surface area (Å²) < 4.78 is 16.8. The maximum atomic E-state index is 13.3. The third-order valence-corrected chi connectivity index (χ3v) is 5.74. The van der Waals surface area contributed by atoms with Crippen molar-refractivity contribution in [3.63, 3.8) is 0 Å². The van der Waals surface area contributed by atoms with Gasteiger partial charge in [0.1, 0.15) is 11.1 Å². The molecule has 2 fully saturated rings. The normalized spacial score (nSPS) is 21.4. The number of imide groups is 1. The summed E-state index contributed by atoms with van der Waals surface area (Å²) in [4.78, 5) is 56.4. The zero-order chi connectivity index (χ0) is 23.1. The molecule has 1 aliphatic carbocycles. The van der Waals surface area contributed by atoms with Gasteiger partial charge in [-0.3, -0.25) is 9.59 Å². The number of hydrogen-bond donors (Lipinski definition) is 1. The summed E-state index contributed by atoms with van der Waals surface area (Å²) in [5.74, 6) is -3.21. The maximum absolute atomic E-state index is 13.3. The Morgan fingerprint density at radius 2 is 1.50 bits per heavy atom. The number of carbonyl (C=O) groups excluding carboxylic acids is 4. The molecule has 2 heterocycles. The Bertz CT molecular complexity index is 916. The van der Waals surface area contributed by atoms with E-state index in [4.69, 9.17) is 19.0 Å². The van der Waals surface area contributed by atoms with E-state index in [1.165, 1.54) is 12.1 Å². The fraction of sp³-hybridized carbons (Fsp3) is 0.545. The molecule has 32 heavy (non-hydrogen) atoms. The van der Waals surface area contributed by atoms with Gasteiger partial charge in [0, 0.05) is 12.8 Å². The minimum atomic E-state index is -1.52. The molecule has 1 spiro atoms. The van der Waals surface area contributed by atoms with Crippen LogP contribution in [0.2, 0.25) is 0 Å². The number of ether oxygens (including phenoxy) is 3. The Hall–Kier alpha value is -2.98. The van der Waals surface area contributed by atoms with Crippen molar-refractivity contribution in [2.45, 2.75) is 63.4 Å². The first kappa shape index (κ1) is 22.2. The van der Waals surface area contributed by atoms with Crippen LogP contribution in [0.25, 0.3) is 0 Å². The second-order valence-corrected chi connectivity index (χ2v) is 9.15. The molecule has 1 aromatic carbocycles. The first-order chi connectivity index (χ1) is 15.0. The fourth-order valence-corrected chi connectivity index (χ4v) is 4.14. The molecule has 1 aromatic rings. The number of rotatable bonds is 3. The van der Waals surface area contributed by atoms with Gasteiger partial charge in [-0.05, 0) is 45.7 Å². The number of hydroxylamine groups is 2. The summed E-state index contributed by atoms with van der Waals surface area (Å²) in [6.07, 6.45) is 0.0729. The van der Waals surface area contributed by atoms with E-state index in [0.717, 1.165) is 0 Å². The van der Waals surface area contributed by atoms with Crippen molar-refractivity contribution < 1.29 is 38.2 Å². The van der Waals surface area contributed by atoms with Gasteiger partial charge in [0.2, 0.25) is 0 Å². The highest BCUT2D eigenvalue weighted by Crippen LogP contribution is 2.41. The molecule has 1 saturated carbocycles. The van der Waals surface area contributed by atoms with Crippen LogP contribution < -0.4 is 5.32 Å². The standard InChI is InChI=1S/C22H26N2O8/c1-20(2,3)31-19(28)23-21(8-10-22(11-9-21)29-12-13-30-22)18(27)32-24-16(25)14-6-4-5-7-15(14)17(24)26/h4-7H,8-13H2,1-3H3,(H,23,28). The zero-order valence-electron chi connectivity index (χ0n) is 18.3. The second-order valence-electron chi connectivity index (χ2n) is 9.15. The molecule has 4 rings (SSSR count). The van der Waals surface area contributed by atoms with Crippen molar-refractivity contribution in [3.8, 4) is 0 Å². The highest BCUT2D eigenvalue weighted by atomic mass is 16.7. The SMILES string of the molecule is CC(C)(C)OC(=O)NC1(C(=O)ON2C(=O)c3ccccc3C2=O)CCC2(CC1)OCCO2. The molecule has 3 amide bonds. The predicted octanol–water partition coefficient (Wildman–Crippen LogP) is 2.32. The number of benzene rings is 1. The van der Waals surface area contributed by atoms with E-state index >= 15 is 0 Å². The van der Waals surface area contributed by atoms with Gasteiger partial charge in [-0.1, -0.05) is 17.2 Å². The van der Waals surface area contributed by atoms with Gasteiger partial charge in [-0.25, -0.2) is 9.59 Å². The Morgan fingerprint density at radius 1 is 0.969 bits per heavy atom. The summed E-state index contributed by atoms with van der Waals surface area (Å²) in [6, 6.07) is 6.20. The second kappa shape index (κ2) is 7.86. The number of nitrogens with one attached hydrogen (secondary N) is 1. The first-order valence-corrected chi connectivity index (χ1v) is 10.5. The smallest absolute Gasteiger partial charge is 0.408 e. The first-order valence-electron chi connectivity index (χ1n) is 10.5. The summed E-state index contributed by atoms with van der Waals surface area (Å²) in [7, 11) is 0. The van der Waals surface area contributed by atoms with E-state index in [1.807, 2.05) is 0 Å². The van der Waals surface area contributed by atoms with E-state index in [2.05, 4.69) is 5.32 Å². The van der Waals surface area contributed by atoms with Gasteiger partial charge in [0.25, 0.3) is 11.8 Å². The van der Waals surface area contributed by atoms with Gasteiger partial charge >= 0.3 is 12.1 Å². The number of fused-ring (bicyclic) bond motifs is 1.